The van der Waals surface area contributed by atoms with E-state index in [0.29, 0.717) is 22.3 Å². The Morgan fingerprint density at radius 1 is 1.03 bits per heavy atom. The standard InChI is InChI=1S/C21H21N3O6S/c1-12(25)17-10-14-9-16(11-22-19(14)30-20(17)27)23-18(26)13-5-7-15(8-6-13)24-31(28,29)21(2,3)4/h5-11,24H,1-4H3,(H,23,26). The number of fused-ring (bicyclic) bond motifs is 1. The molecule has 2 N–H and O–H groups in total. The highest BCUT2D eigenvalue weighted by Gasteiger charge is 2.28. The zero-order valence-corrected chi connectivity index (χ0v) is 18.2. The van der Waals surface area contributed by atoms with Crippen molar-refractivity contribution in [2.75, 3.05) is 10.0 Å². The molecule has 0 spiro atoms. The van der Waals surface area contributed by atoms with E-state index in [1.807, 2.05) is 0 Å². The van der Waals surface area contributed by atoms with Crippen LogP contribution in [0.4, 0.5) is 11.4 Å². The van der Waals surface area contributed by atoms with Crippen molar-refractivity contribution in [1.82, 2.24) is 4.98 Å². The molecule has 0 saturated heterocycles. The SMILES string of the molecule is CC(=O)c1cc2cc(NC(=O)c3ccc(NS(=O)(=O)C(C)(C)C)cc3)cnc2oc1=O. The van der Waals surface area contributed by atoms with Gasteiger partial charge in [0.25, 0.3) is 5.91 Å². The van der Waals surface area contributed by atoms with Gasteiger partial charge in [0.2, 0.25) is 15.7 Å². The summed E-state index contributed by atoms with van der Waals surface area (Å²) in [6, 6.07) is 8.84. The average molecular weight is 443 g/mol. The van der Waals surface area contributed by atoms with Gasteiger partial charge in [-0.05, 0) is 64.1 Å². The van der Waals surface area contributed by atoms with Crippen LogP contribution in [0, 0.1) is 0 Å². The Bertz CT molecular complexity index is 1340. The molecule has 3 aromatic rings. The number of hydrogen-bond donors (Lipinski definition) is 2. The van der Waals surface area contributed by atoms with Crippen LogP contribution in [0.25, 0.3) is 11.1 Å². The summed E-state index contributed by atoms with van der Waals surface area (Å²) in [4.78, 5) is 39.8. The zero-order valence-electron chi connectivity index (χ0n) is 17.3. The van der Waals surface area contributed by atoms with E-state index < -0.39 is 32.1 Å². The van der Waals surface area contributed by atoms with Crippen molar-refractivity contribution < 1.29 is 22.4 Å². The number of pyridine rings is 1. The Kier molecular flexibility index (Phi) is 5.68. The molecule has 2 aromatic heterocycles. The van der Waals surface area contributed by atoms with Crippen molar-refractivity contribution >= 4 is 44.2 Å². The Balaban J connectivity index is 1.80. The van der Waals surface area contributed by atoms with E-state index in [1.165, 1.54) is 49.5 Å². The minimum absolute atomic E-state index is 0.0449. The van der Waals surface area contributed by atoms with Gasteiger partial charge in [-0.1, -0.05) is 0 Å². The normalized spacial score (nSPS) is 11.9. The van der Waals surface area contributed by atoms with E-state index in [9.17, 15) is 22.8 Å². The summed E-state index contributed by atoms with van der Waals surface area (Å²) in [5, 5.41) is 3.04. The molecule has 0 bridgehead atoms. The van der Waals surface area contributed by atoms with E-state index in [2.05, 4.69) is 15.0 Å². The van der Waals surface area contributed by atoms with Gasteiger partial charge in [0, 0.05) is 16.6 Å². The topological polar surface area (TPSA) is 135 Å². The number of aromatic nitrogens is 1. The molecule has 162 valence electrons. The third-order valence-electron chi connectivity index (χ3n) is 4.43. The Morgan fingerprint density at radius 2 is 1.68 bits per heavy atom. The summed E-state index contributed by atoms with van der Waals surface area (Å²) < 4.78 is 31.0. The molecule has 0 radical (unpaired) electrons. The van der Waals surface area contributed by atoms with Gasteiger partial charge >= 0.3 is 5.63 Å². The minimum Gasteiger partial charge on any atom is -0.403 e. The summed E-state index contributed by atoms with van der Waals surface area (Å²) >= 11 is 0. The number of nitrogens with zero attached hydrogens (tertiary/aromatic N) is 1. The molecule has 0 unspecified atom stereocenters. The number of anilines is 2. The maximum Gasteiger partial charge on any atom is 0.348 e. The van der Waals surface area contributed by atoms with Gasteiger partial charge in [0.05, 0.1) is 16.6 Å². The fourth-order valence-corrected chi connectivity index (χ4v) is 3.28. The first-order chi connectivity index (χ1) is 14.4. The lowest BCUT2D eigenvalue weighted by atomic mass is 10.1. The van der Waals surface area contributed by atoms with Crippen LogP contribution in [0.2, 0.25) is 0 Å². The van der Waals surface area contributed by atoms with E-state index in [-0.39, 0.29) is 11.3 Å². The molecular weight excluding hydrogens is 422 g/mol. The molecule has 2 heterocycles. The molecule has 1 amide bonds. The van der Waals surface area contributed by atoms with E-state index in [4.69, 9.17) is 4.42 Å². The number of carbonyl (C=O) groups excluding carboxylic acids is 2. The van der Waals surface area contributed by atoms with Gasteiger partial charge in [-0.2, -0.15) is 0 Å². The summed E-state index contributed by atoms with van der Waals surface area (Å²) in [7, 11) is -3.58. The second-order valence-corrected chi connectivity index (χ2v) is 10.3. The predicted molar refractivity (Wildman–Crippen MR) is 117 cm³/mol. The molecule has 0 atom stereocenters. The number of Topliss-reactive ketones (excluding diaryl/α,β-unsaturated/α-hetero) is 1. The van der Waals surface area contributed by atoms with Gasteiger partial charge < -0.3 is 9.73 Å². The Morgan fingerprint density at radius 3 is 2.26 bits per heavy atom. The molecule has 9 nitrogen and oxygen atoms in total. The van der Waals surface area contributed by atoms with Crippen molar-refractivity contribution in [2.24, 2.45) is 0 Å². The average Bonchev–Trinajstić information content (AvgIpc) is 2.66. The summed E-state index contributed by atoms with van der Waals surface area (Å²) in [5.74, 6) is -0.886. The summed E-state index contributed by atoms with van der Waals surface area (Å²) in [6.45, 7) is 6.00. The largest absolute Gasteiger partial charge is 0.403 e. The van der Waals surface area contributed by atoms with Crippen LogP contribution in [-0.2, 0) is 10.0 Å². The molecule has 0 fully saturated rings. The highest BCUT2D eigenvalue weighted by Crippen LogP contribution is 2.21. The maximum absolute atomic E-state index is 12.5. The van der Waals surface area contributed by atoms with Crippen LogP contribution < -0.4 is 15.7 Å². The monoisotopic (exact) mass is 443 g/mol. The first-order valence-electron chi connectivity index (χ1n) is 9.26. The van der Waals surface area contributed by atoms with E-state index in [0.717, 1.165) is 0 Å². The first kappa shape index (κ1) is 22.2. The van der Waals surface area contributed by atoms with Crippen molar-refractivity contribution in [3.63, 3.8) is 0 Å². The third-order valence-corrected chi connectivity index (χ3v) is 6.55. The molecule has 0 aliphatic carbocycles. The van der Waals surface area contributed by atoms with Crippen LogP contribution in [0.5, 0.6) is 0 Å². The summed E-state index contributed by atoms with van der Waals surface area (Å²) in [6.07, 6.45) is 1.32. The second-order valence-electron chi connectivity index (χ2n) is 7.87. The van der Waals surface area contributed by atoms with Crippen LogP contribution in [-0.4, -0.2) is 29.8 Å². The molecule has 1 aromatic carbocycles. The van der Waals surface area contributed by atoms with Crippen LogP contribution in [0.15, 0.2) is 51.8 Å². The minimum atomic E-state index is -3.58. The van der Waals surface area contributed by atoms with Crippen molar-refractivity contribution in [3.8, 4) is 0 Å². The molecule has 0 saturated carbocycles. The Labute approximate surface area is 178 Å². The zero-order chi connectivity index (χ0) is 23.0. The third kappa shape index (κ3) is 4.80. The van der Waals surface area contributed by atoms with Gasteiger partial charge in [-0.3, -0.25) is 14.3 Å². The number of rotatable bonds is 5. The fourth-order valence-electron chi connectivity index (χ4n) is 2.53. The second kappa shape index (κ2) is 7.95. The number of ketones is 1. The lowest BCUT2D eigenvalue weighted by molar-refractivity contribution is 0.101. The highest BCUT2D eigenvalue weighted by atomic mass is 32.2. The lowest BCUT2D eigenvalue weighted by Gasteiger charge is -2.20. The predicted octanol–water partition coefficient (Wildman–Crippen LogP) is 3.18. The van der Waals surface area contributed by atoms with Crippen molar-refractivity contribution in [3.05, 3.63) is 64.1 Å². The molecule has 10 heteroatoms. The number of hydrogen-bond acceptors (Lipinski definition) is 7. The molecular formula is C21H21N3O6S. The van der Waals surface area contributed by atoms with Crippen molar-refractivity contribution in [1.29, 1.82) is 0 Å². The van der Waals surface area contributed by atoms with E-state index in [1.54, 1.807) is 20.8 Å². The molecule has 31 heavy (non-hydrogen) atoms. The first-order valence-corrected chi connectivity index (χ1v) is 10.7. The molecule has 0 aliphatic heterocycles. The number of benzene rings is 1. The van der Waals surface area contributed by atoms with E-state index >= 15 is 0 Å². The van der Waals surface area contributed by atoms with Gasteiger partial charge in [-0.15, -0.1) is 0 Å². The van der Waals surface area contributed by atoms with Gasteiger partial charge in [0.1, 0.15) is 5.56 Å². The van der Waals surface area contributed by atoms with Crippen molar-refractivity contribution in [2.45, 2.75) is 32.4 Å². The number of carbonyl (C=O) groups is 2. The number of nitrogens with one attached hydrogen (secondary N) is 2. The number of amides is 1. The maximum atomic E-state index is 12.5. The molecule has 3 rings (SSSR count). The lowest BCUT2D eigenvalue weighted by Crippen LogP contribution is -2.33. The van der Waals surface area contributed by atoms with Crippen LogP contribution >= 0.6 is 0 Å². The Hall–Kier alpha value is -3.53. The highest BCUT2D eigenvalue weighted by molar-refractivity contribution is 7.94. The smallest absolute Gasteiger partial charge is 0.348 e. The van der Waals surface area contributed by atoms with Gasteiger partial charge in [-0.25, -0.2) is 18.2 Å². The summed E-state index contributed by atoms with van der Waals surface area (Å²) in [5.41, 5.74) is 0.132. The quantitative estimate of drug-likeness (QED) is 0.578. The van der Waals surface area contributed by atoms with Crippen LogP contribution in [0.1, 0.15) is 48.4 Å². The fraction of sp³-hybridized carbons (Fsp3) is 0.238. The van der Waals surface area contributed by atoms with Crippen LogP contribution in [0.3, 0.4) is 0 Å². The number of sulfonamides is 1. The molecule has 0 aliphatic rings. The van der Waals surface area contributed by atoms with Gasteiger partial charge in [0.15, 0.2) is 5.78 Å².